The van der Waals surface area contributed by atoms with Gasteiger partial charge in [-0.25, -0.2) is 8.42 Å². The summed E-state index contributed by atoms with van der Waals surface area (Å²) in [5, 5.41) is 0. The van der Waals surface area contributed by atoms with Gasteiger partial charge in [0.2, 0.25) is 10.0 Å². The molecule has 21 heavy (non-hydrogen) atoms. The van der Waals surface area contributed by atoms with E-state index in [1.807, 2.05) is 0 Å². The summed E-state index contributed by atoms with van der Waals surface area (Å²) in [6.45, 7) is 0.632. The predicted octanol–water partition coefficient (Wildman–Crippen LogP) is 1.09. The number of nitrogens with two attached hydrogens (primary N) is 1. The number of hydrogen-bond donors (Lipinski definition) is 1. The van der Waals surface area contributed by atoms with E-state index in [2.05, 4.69) is 8.73 Å². The van der Waals surface area contributed by atoms with Crippen LogP contribution in [0.3, 0.4) is 0 Å². The van der Waals surface area contributed by atoms with Gasteiger partial charge in [-0.05, 0) is 12.1 Å². The highest BCUT2D eigenvalue weighted by Gasteiger charge is 2.34. The normalized spacial score (nSPS) is 21.8. The first kappa shape index (κ1) is 14.7. The van der Waals surface area contributed by atoms with Gasteiger partial charge in [0.25, 0.3) is 0 Å². The van der Waals surface area contributed by atoms with E-state index in [-0.39, 0.29) is 29.6 Å². The summed E-state index contributed by atoms with van der Waals surface area (Å²) in [4.78, 5) is 0.306. The standard InChI is InChI=1S/C11H12N4O3S3/c12-11(19)8-6-15(4-5-18-8)21(16,17)9-3-1-2-7-10(9)14-20-13-7/h1-3,8H,4-6H2,(H2,12,19). The summed E-state index contributed by atoms with van der Waals surface area (Å²) in [7, 11) is -3.68. The Balaban J connectivity index is 1.96. The molecule has 0 radical (unpaired) electrons. The van der Waals surface area contributed by atoms with Crippen molar-refractivity contribution in [2.75, 3.05) is 19.7 Å². The predicted molar refractivity (Wildman–Crippen MR) is 83.3 cm³/mol. The van der Waals surface area contributed by atoms with Gasteiger partial charge < -0.3 is 10.5 Å². The molecule has 1 saturated heterocycles. The quantitative estimate of drug-likeness (QED) is 0.841. The highest BCUT2D eigenvalue weighted by Crippen LogP contribution is 2.38. The highest BCUT2D eigenvalue weighted by molar-refractivity contribution is 7.89. The van der Waals surface area contributed by atoms with Gasteiger partial charge in [-0.2, -0.15) is 13.0 Å². The van der Waals surface area contributed by atoms with Gasteiger partial charge in [0.05, 0.1) is 18.0 Å². The van der Waals surface area contributed by atoms with Gasteiger partial charge in [-0.3, -0.25) is 0 Å². The van der Waals surface area contributed by atoms with Crippen LogP contribution in [0.2, 0.25) is 0 Å². The van der Waals surface area contributed by atoms with Crippen LogP contribution in [0.5, 0.6) is 0 Å². The molecule has 10 heteroatoms. The van der Waals surface area contributed by atoms with E-state index in [9.17, 15) is 8.42 Å². The fraction of sp³-hybridized carbons (Fsp3) is 0.364. The fourth-order valence-electron chi connectivity index (χ4n) is 2.14. The first-order chi connectivity index (χ1) is 10.00. The van der Waals surface area contributed by atoms with E-state index in [1.54, 1.807) is 12.1 Å². The number of sulfonamides is 1. The Morgan fingerprint density at radius 3 is 3.05 bits per heavy atom. The third-order valence-corrected chi connectivity index (χ3v) is 5.92. The zero-order valence-corrected chi connectivity index (χ0v) is 13.2. The maximum Gasteiger partial charge on any atom is 0.245 e. The molecule has 0 aliphatic carbocycles. The molecule has 2 aliphatic heterocycles. The molecule has 1 fully saturated rings. The van der Waals surface area contributed by atoms with Crippen molar-refractivity contribution in [3.63, 3.8) is 0 Å². The monoisotopic (exact) mass is 344 g/mol. The Labute approximate surface area is 131 Å². The number of nitrogens with zero attached hydrogens (tertiary/aromatic N) is 3. The number of morpholine rings is 1. The molecular weight excluding hydrogens is 332 g/mol. The van der Waals surface area contributed by atoms with Gasteiger partial charge in [0.1, 0.15) is 27.4 Å². The molecule has 1 atom stereocenters. The number of benzene rings is 1. The summed E-state index contributed by atoms with van der Waals surface area (Å²) in [5.74, 6) is 0. The third kappa shape index (κ3) is 2.64. The minimum Gasteiger partial charge on any atom is -0.391 e. The Morgan fingerprint density at radius 1 is 1.48 bits per heavy atom. The van der Waals surface area contributed by atoms with Crippen LogP contribution in [0.1, 0.15) is 0 Å². The second kappa shape index (κ2) is 5.54. The Bertz CT molecular complexity index is 771. The van der Waals surface area contributed by atoms with Gasteiger partial charge in [0, 0.05) is 13.1 Å². The lowest BCUT2D eigenvalue weighted by molar-refractivity contribution is 0.0386. The van der Waals surface area contributed by atoms with Crippen molar-refractivity contribution in [2.24, 2.45) is 14.5 Å². The number of ether oxygens (including phenoxy) is 1. The molecule has 3 rings (SSSR count). The molecule has 7 nitrogen and oxygen atoms in total. The fourth-order valence-corrected chi connectivity index (χ4v) is 4.46. The van der Waals surface area contributed by atoms with Gasteiger partial charge in [0.15, 0.2) is 0 Å². The van der Waals surface area contributed by atoms with E-state index in [0.717, 1.165) is 11.4 Å². The SMILES string of the molecule is NC(=S)C1CN(S(=O)(=O)c2cccc3c2N=S=N3)CCO1. The van der Waals surface area contributed by atoms with Crippen LogP contribution in [-0.4, -0.2) is 43.5 Å². The summed E-state index contributed by atoms with van der Waals surface area (Å²) in [6, 6.07) is 4.92. The second-order valence-corrected chi connectivity index (χ2v) is 7.42. The van der Waals surface area contributed by atoms with Crippen LogP contribution in [0, 0.1) is 0 Å². The minimum atomic E-state index is -3.68. The highest BCUT2D eigenvalue weighted by atomic mass is 32.2. The molecule has 1 unspecified atom stereocenters. The topological polar surface area (TPSA) is 97.3 Å². The van der Waals surface area contributed by atoms with Crippen molar-refractivity contribution in [3.05, 3.63) is 18.2 Å². The molecule has 2 heterocycles. The van der Waals surface area contributed by atoms with Gasteiger partial charge in [-0.1, -0.05) is 18.3 Å². The van der Waals surface area contributed by atoms with E-state index >= 15 is 0 Å². The second-order valence-electron chi connectivity index (χ2n) is 4.51. The maximum absolute atomic E-state index is 12.8. The minimum absolute atomic E-state index is 0.117. The molecule has 0 spiro atoms. The smallest absolute Gasteiger partial charge is 0.245 e. The van der Waals surface area contributed by atoms with Crippen LogP contribution in [0.4, 0.5) is 11.4 Å². The summed E-state index contributed by atoms with van der Waals surface area (Å²) in [5.41, 5.74) is 6.51. The average molecular weight is 344 g/mol. The molecule has 1 aromatic carbocycles. The Hall–Kier alpha value is -1.20. The van der Waals surface area contributed by atoms with Crippen molar-refractivity contribution < 1.29 is 13.2 Å². The third-order valence-electron chi connectivity index (χ3n) is 3.21. The largest absolute Gasteiger partial charge is 0.391 e. The molecule has 0 bridgehead atoms. The lowest BCUT2D eigenvalue weighted by atomic mass is 10.3. The van der Waals surface area contributed by atoms with E-state index in [1.165, 1.54) is 10.4 Å². The zero-order valence-electron chi connectivity index (χ0n) is 10.8. The molecule has 2 aliphatic rings. The van der Waals surface area contributed by atoms with E-state index < -0.39 is 16.1 Å². The van der Waals surface area contributed by atoms with Crippen molar-refractivity contribution in [1.82, 2.24) is 4.31 Å². The first-order valence-corrected chi connectivity index (χ1v) is 8.70. The van der Waals surface area contributed by atoms with Crippen molar-refractivity contribution in [2.45, 2.75) is 11.0 Å². The van der Waals surface area contributed by atoms with Crippen LogP contribution in [0.15, 0.2) is 31.8 Å². The van der Waals surface area contributed by atoms with E-state index in [4.69, 9.17) is 22.7 Å². The molecular formula is C11H12N4O3S3. The van der Waals surface area contributed by atoms with Crippen molar-refractivity contribution >= 4 is 50.0 Å². The summed E-state index contributed by atoms with van der Waals surface area (Å²) < 4.78 is 40.4. The number of hydrogen-bond acceptors (Lipinski definition) is 6. The van der Waals surface area contributed by atoms with Gasteiger partial charge >= 0.3 is 0 Å². The lowest BCUT2D eigenvalue weighted by Gasteiger charge is -2.31. The number of rotatable bonds is 3. The van der Waals surface area contributed by atoms with Crippen LogP contribution < -0.4 is 5.73 Å². The summed E-state index contributed by atoms with van der Waals surface area (Å²) in [6.07, 6.45) is -0.559. The zero-order chi connectivity index (χ0) is 15.0. The van der Waals surface area contributed by atoms with Crippen LogP contribution >= 0.6 is 12.2 Å². The molecule has 0 saturated carbocycles. The van der Waals surface area contributed by atoms with Gasteiger partial charge in [-0.15, -0.1) is 0 Å². The average Bonchev–Trinajstić information content (AvgIpc) is 2.95. The first-order valence-electron chi connectivity index (χ1n) is 6.12. The lowest BCUT2D eigenvalue weighted by Crippen LogP contribution is -2.49. The molecule has 112 valence electrons. The Kier molecular flexibility index (Phi) is 3.88. The molecule has 0 amide bonds. The van der Waals surface area contributed by atoms with Crippen molar-refractivity contribution in [1.29, 1.82) is 0 Å². The van der Waals surface area contributed by atoms with Crippen LogP contribution in [-0.2, 0) is 26.1 Å². The van der Waals surface area contributed by atoms with Crippen molar-refractivity contribution in [3.8, 4) is 0 Å². The van der Waals surface area contributed by atoms with Crippen LogP contribution in [0.25, 0.3) is 0 Å². The molecule has 2 N–H and O–H groups in total. The number of fused-ring (bicyclic) bond motifs is 1. The summed E-state index contributed by atoms with van der Waals surface area (Å²) >= 11 is 5.87. The number of thiocarbonyl (C=S) groups is 1. The maximum atomic E-state index is 12.8. The molecule has 1 aromatic rings. The van der Waals surface area contributed by atoms with E-state index in [0.29, 0.717) is 11.4 Å². The molecule has 0 aromatic heterocycles. The Morgan fingerprint density at radius 2 is 2.29 bits per heavy atom.